The fourth-order valence-corrected chi connectivity index (χ4v) is 1.69. The Bertz CT molecular complexity index is 355. The summed E-state index contributed by atoms with van der Waals surface area (Å²) in [6.07, 6.45) is 0.546. The Balaban J connectivity index is 2.83. The molecular weight excluding hydrogens is 192 g/mol. The zero-order chi connectivity index (χ0) is 11.6. The minimum Gasteiger partial charge on any atom is -0.481 e. The van der Waals surface area contributed by atoms with Crippen LogP contribution in [0.25, 0.3) is 0 Å². The fourth-order valence-electron chi connectivity index (χ4n) is 1.69. The Labute approximate surface area is 89.9 Å². The topological polar surface area (TPSA) is 55.1 Å². The van der Waals surface area contributed by atoms with Crippen LogP contribution in [0.4, 0.5) is 0 Å². The van der Waals surface area contributed by atoms with Gasteiger partial charge in [0.25, 0.3) is 0 Å². The molecule has 1 heterocycles. The molecule has 0 aliphatic heterocycles. The van der Waals surface area contributed by atoms with Crippen molar-refractivity contribution in [2.75, 3.05) is 0 Å². The van der Waals surface area contributed by atoms with Gasteiger partial charge < -0.3 is 5.11 Å². The zero-order valence-corrected chi connectivity index (χ0v) is 9.69. The predicted octanol–water partition coefficient (Wildman–Crippen LogP) is 1.63. The van der Waals surface area contributed by atoms with Gasteiger partial charge in [0.05, 0.1) is 11.6 Å². The Hall–Kier alpha value is -1.32. The van der Waals surface area contributed by atoms with Crippen LogP contribution in [0.15, 0.2) is 6.07 Å². The Morgan fingerprint density at radius 1 is 1.60 bits per heavy atom. The van der Waals surface area contributed by atoms with Crippen LogP contribution in [0, 0.1) is 18.8 Å². The minimum atomic E-state index is -0.733. The van der Waals surface area contributed by atoms with Gasteiger partial charge in [0.15, 0.2) is 0 Å². The molecule has 0 spiro atoms. The second-order valence-corrected chi connectivity index (χ2v) is 4.29. The number of nitrogens with zero attached hydrogens (tertiary/aromatic N) is 2. The molecule has 0 saturated carbocycles. The molecular formula is C11H18N2O2. The average molecular weight is 210 g/mol. The Morgan fingerprint density at radius 3 is 2.53 bits per heavy atom. The van der Waals surface area contributed by atoms with E-state index >= 15 is 0 Å². The first kappa shape index (κ1) is 11.8. The third-order valence-electron chi connectivity index (χ3n) is 2.65. The molecule has 0 bridgehead atoms. The molecule has 1 N–H and O–H groups in total. The molecule has 0 aliphatic carbocycles. The molecule has 0 amide bonds. The summed E-state index contributed by atoms with van der Waals surface area (Å²) < 4.78 is 1.76. The highest BCUT2D eigenvalue weighted by Crippen LogP contribution is 2.17. The Kier molecular flexibility index (Phi) is 3.50. The molecule has 4 heteroatoms. The molecule has 0 aromatic carbocycles. The molecule has 4 nitrogen and oxygen atoms in total. The monoisotopic (exact) mass is 210 g/mol. The van der Waals surface area contributed by atoms with Gasteiger partial charge in [-0.15, -0.1) is 0 Å². The van der Waals surface area contributed by atoms with E-state index in [-0.39, 0.29) is 11.8 Å². The van der Waals surface area contributed by atoms with E-state index in [2.05, 4.69) is 5.10 Å². The maximum absolute atomic E-state index is 11.0. The van der Waals surface area contributed by atoms with E-state index in [1.54, 1.807) is 4.68 Å². The van der Waals surface area contributed by atoms with Gasteiger partial charge in [-0.05, 0) is 18.9 Å². The number of hydrogen-bond acceptors (Lipinski definition) is 2. The van der Waals surface area contributed by atoms with E-state index < -0.39 is 5.97 Å². The minimum absolute atomic E-state index is 0.137. The van der Waals surface area contributed by atoms with Crippen LogP contribution in [0.3, 0.4) is 0 Å². The number of carboxylic acid groups (broad SMARTS) is 1. The summed E-state index contributed by atoms with van der Waals surface area (Å²) in [4.78, 5) is 11.0. The molecule has 0 radical (unpaired) electrons. The summed E-state index contributed by atoms with van der Waals surface area (Å²) in [6, 6.07) is 1.94. The summed E-state index contributed by atoms with van der Waals surface area (Å²) in [5.41, 5.74) is 1.91. The Morgan fingerprint density at radius 2 is 2.20 bits per heavy atom. The molecule has 1 unspecified atom stereocenters. The van der Waals surface area contributed by atoms with Crippen molar-refractivity contribution < 1.29 is 9.90 Å². The lowest BCUT2D eigenvalue weighted by Gasteiger charge is -2.15. The number of hydrogen-bond donors (Lipinski definition) is 1. The lowest BCUT2D eigenvalue weighted by atomic mass is 9.91. The van der Waals surface area contributed by atoms with Crippen LogP contribution in [0.2, 0.25) is 0 Å². The van der Waals surface area contributed by atoms with E-state index in [1.807, 2.05) is 33.9 Å². The predicted molar refractivity (Wildman–Crippen MR) is 57.6 cm³/mol. The maximum Gasteiger partial charge on any atom is 0.307 e. The van der Waals surface area contributed by atoms with Gasteiger partial charge in [-0.1, -0.05) is 13.8 Å². The van der Waals surface area contributed by atoms with Crippen molar-refractivity contribution in [1.82, 2.24) is 9.78 Å². The van der Waals surface area contributed by atoms with Crippen LogP contribution in [0.1, 0.15) is 25.2 Å². The van der Waals surface area contributed by atoms with E-state index in [1.165, 1.54) is 0 Å². The highest BCUT2D eigenvalue weighted by Gasteiger charge is 2.23. The van der Waals surface area contributed by atoms with E-state index in [0.717, 1.165) is 11.4 Å². The first-order chi connectivity index (χ1) is 6.91. The summed E-state index contributed by atoms with van der Waals surface area (Å²) >= 11 is 0. The number of carboxylic acids is 1. The van der Waals surface area contributed by atoms with Crippen molar-refractivity contribution in [3.63, 3.8) is 0 Å². The number of aryl methyl sites for hydroxylation is 2. The largest absolute Gasteiger partial charge is 0.481 e. The smallest absolute Gasteiger partial charge is 0.307 e. The second kappa shape index (κ2) is 4.47. The van der Waals surface area contributed by atoms with E-state index in [9.17, 15) is 4.79 Å². The van der Waals surface area contributed by atoms with Crippen molar-refractivity contribution in [3.05, 3.63) is 17.5 Å². The zero-order valence-electron chi connectivity index (χ0n) is 9.69. The third kappa shape index (κ3) is 2.81. The number of rotatable bonds is 4. The second-order valence-electron chi connectivity index (χ2n) is 4.29. The molecule has 0 saturated heterocycles. The number of aliphatic carboxylic acids is 1. The van der Waals surface area contributed by atoms with Crippen molar-refractivity contribution in [3.8, 4) is 0 Å². The van der Waals surface area contributed by atoms with Gasteiger partial charge in [0, 0.05) is 19.2 Å². The van der Waals surface area contributed by atoms with Crippen molar-refractivity contribution in [2.24, 2.45) is 18.9 Å². The molecule has 15 heavy (non-hydrogen) atoms. The van der Waals surface area contributed by atoms with E-state index in [4.69, 9.17) is 5.11 Å². The summed E-state index contributed by atoms with van der Waals surface area (Å²) in [7, 11) is 1.85. The SMILES string of the molecule is Cc1cc(CC(C(=O)O)C(C)C)n(C)n1. The van der Waals surface area contributed by atoms with Gasteiger partial charge in [-0.25, -0.2) is 0 Å². The molecule has 1 aromatic rings. The van der Waals surface area contributed by atoms with Gasteiger partial charge in [-0.3, -0.25) is 9.48 Å². The quantitative estimate of drug-likeness (QED) is 0.821. The highest BCUT2D eigenvalue weighted by atomic mass is 16.4. The molecule has 1 rings (SSSR count). The van der Waals surface area contributed by atoms with Gasteiger partial charge in [0.1, 0.15) is 0 Å². The third-order valence-corrected chi connectivity index (χ3v) is 2.65. The molecule has 0 fully saturated rings. The van der Waals surface area contributed by atoms with Crippen molar-refractivity contribution >= 4 is 5.97 Å². The summed E-state index contributed by atoms with van der Waals surface area (Å²) in [6.45, 7) is 5.78. The first-order valence-electron chi connectivity index (χ1n) is 5.14. The molecule has 1 atom stereocenters. The van der Waals surface area contributed by atoms with Crippen LogP contribution in [0.5, 0.6) is 0 Å². The van der Waals surface area contributed by atoms with Crippen LogP contribution < -0.4 is 0 Å². The number of carbonyl (C=O) groups is 1. The lowest BCUT2D eigenvalue weighted by Crippen LogP contribution is -2.23. The highest BCUT2D eigenvalue weighted by molar-refractivity contribution is 5.70. The van der Waals surface area contributed by atoms with Gasteiger partial charge in [0.2, 0.25) is 0 Å². The van der Waals surface area contributed by atoms with E-state index in [0.29, 0.717) is 6.42 Å². The molecule has 1 aromatic heterocycles. The van der Waals surface area contributed by atoms with Crippen LogP contribution in [-0.4, -0.2) is 20.9 Å². The maximum atomic E-state index is 11.0. The summed E-state index contributed by atoms with van der Waals surface area (Å²) in [5, 5.41) is 13.3. The van der Waals surface area contributed by atoms with Crippen LogP contribution in [-0.2, 0) is 18.3 Å². The first-order valence-corrected chi connectivity index (χ1v) is 5.14. The normalized spacial score (nSPS) is 13.1. The average Bonchev–Trinajstić information content (AvgIpc) is 2.39. The fraction of sp³-hybridized carbons (Fsp3) is 0.636. The van der Waals surface area contributed by atoms with Crippen molar-refractivity contribution in [2.45, 2.75) is 27.2 Å². The summed E-state index contributed by atoms with van der Waals surface area (Å²) in [5.74, 6) is -0.929. The van der Waals surface area contributed by atoms with Crippen molar-refractivity contribution in [1.29, 1.82) is 0 Å². The van der Waals surface area contributed by atoms with Gasteiger partial charge in [-0.2, -0.15) is 5.10 Å². The van der Waals surface area contributed by atoms with Crippen LogP contribution >= 0.6 is 0 Å². The molecule has 0 aliphatic rings. The standard InChI is InChI=1S/C11H18N2O2/c1-7(2)10(11(14)15)6-9-5-8(3)12-13(9)4/h5,7,10H,6H2,1-4H3,(H,14,15). The molecule has 84 valence electrons. The lowest BCUT2D eigenvalue weighted by molar-refractivity contribution is -0.143. The number of aromatic nitrogens is 2. The van der Waals surface area contributed by atoms with Gasteiger partial charge >= 0.3 is 5.97 Å².